The minimum Gasteiger partial charge on any atom is -0.297 e. The van der Waals surface area contributed by atoms with Crippen LogP contribution >= 0.6 is 46.5 Å². The van der Waals surface area contributed by atoms with Crippen LogP contribution in [0, 0.1) is 0 Å². The molecule has 1 aliphatic rings. The van der Waals surface area contributed by atoms with Crippen molar-refractivity contribution in [3.8, 4) is 0 Å². The van der Waals surface area contributed by atoms with Crippen LogP contribution in [-0.4, -0.2) is 27.9 Å². The normalized spacial score (nSPS) is 15.6. The molecule has 0 aliphatic carbocycles. The van der Waals surface area contributed by atoms with E-state index in [0.29, 0.717) is 4.88 Å². The van der Waals surface area contributed by atoms with Gasteiger partial charge in [0.1, 0.15) is 9.25 Å². The molecule has 74 valence electrons. The van der Waals surface area contributed by atoms with E-state index < -0.39 is 0 Å². The molecule has 0 N–H and O–H groups in total. The molecule has 3 nitrogen and oxygen atoms in total. The van der Waals surface area contributed by atoms with Crippen LogP contribution in [-0.2, 0) is 0 Å². The SMILES string of the molecule is O=Cc1sc(SC2=NCCS2)nc1Cl. The summed E-state index contributed by atoms with van der Waals surface area (Å²) < 4.78 is 1.79. The Labute approximate surface area is 98.4 Å². The summed E-state index contributed by atoms with van der Waals surface area (Å²) in [6, 6.07) is 0. The summed E-state index contributed by atoms with van der Waals surface area (Å²) in [5.41, 5.74) is 0. The lowest BCUT2D eigenvalue weighted by Gasteiger charge is -1.92. The minimum absolute atomic E-state index is 0.288. The van der Waals surface area contributed by atoms with Gasteiger partial charge in [0.15, 0.2) is 15.8 Å². The fourth-order valence-corrected chi connectivity index (χ4v) is 4.25. The van der Waals surface area contributed by atoms with Crippen LogP contribution < -0.4 is 0 Å². The van der Waals surface area contributed by atoms with Crippen LogP contribution in [0.3, 0.4) is 0 Å². The van der Waals surface area contributed by atoms with Gasteiger partial charge in [-0.2, -0.15) is 0 Å². The molecule has 0 radical (unpaired) electrons. The highest BCUT2D eigenvalue weighted by Gasteiger charge is 2.14. The highest BCUT2D eigenvalue weighted by atomic mass is 35.5. The molecule has 1 aliphatic heterocycles. The zero-order chi connectivity index (χ0) is 9.97. The summed E-state index contributed by atoms with van der Waals surface area (Å²) in [6.07, 6.45) is 0.730. The Morgan fingerprint density at radius 1 is 1.57 bits per heavy atom. The molecule has 1 aromatic heterocycles. The first-order valence-electron chi connectivity index (χ1n) is 3.76. The van der Waals surface area contributed by atoms with Gasteiger partial charge >= 0.3 is 0 Å². The van der Waals surface area contributed by atoms with Crippen molar-refractivity contribution >= 4 is 57.1 Å². The largest absolute Gasteiger partial charge is 0.297 e. The minimum atomic E-state index is 0.288. The Balaban J connectivity index is 2.12. The molecule has 14 heavy (non-hydrogen) atoms. The van der Waals surface area contributed by atoms with Crippen molar-refractivity contribution in [2.24, 2.45) is 4.99 Å². The molecule has 2 heterocycles. The van der Waals surface area contributed by atoms with E-state index in [9.17, 15) is 4.79 Å². The number of rotatable bonds is 2. The number of nitrogens with zero attached hydrogens (tertiary/aromatic N) is 2. The molecule has 0 atom stereocenters. The van der Waals surface area contributed by atoms with Crippen molar-refractivity contribution in [1.29, 1.82) is 0 Å². The fraction of sp³-hybridized carbons (Fsp3) is 0.286. The van der Waals surface area contributed by atoms with Crippen LogP contribution in [0.2, 0.25) is 5.15 Å². The van der Waals surface area contributed by atoms with E-state index in [0.717, 1.165) is 27.3 Å². The zero-order valence-electron chi connectivity index (χ0n) is 6.90. The lowest BCUT2D eigenvalue weighted by atomic mass is 10.6. The van der Waals surface area contributed by atoms with Crippen LogP contribution in [0.4, 0.5) is 0 Å². The van der Waals surface area contributed by atoms with Crippen molar-refractivity contribution in [3.63, 3.8) is 0 Å². The molecule has 0 unspecified atom stereocenters. The number of aromatic nitrogens is 1. The number of carbonyl (C=O) groups is 1. The van der Waals surface area contributed by atoms with Crippen molar-refractivity contribution in [1.82, 2.24) is 4.98 Å². The highest BCUT2D eigenvalue weighted by molar-refractivity contribution is 8.39. The Kier molecular flexibility index (Phi) is 3.48. The van der Waals surface area contributed by atoms with Gasteiger partial charge in [0.2, 0.25) is 0 Å². The molecule has 2 rings (SSSR count). The smallest absolute Gasteiger partial charge is 0.163 e. The number of thiazole rings is 1. The van der Waals surface area contributed by atoms with Crippen LogP contribution in [0.1, 0.15) is 9.67 Å². The van der Waals surface area contributed by atoms with Crippen molar-refractivity contribution in [2.45, 2.75) is 4.34 Å². The summed E-state index contributed by atoms with van der Waals surface area (Å²) in [6.45, 7) is 0.868. The van der Waals surface area contributed by atoms with Gasteiger partial charge < -0.3 is 0 Å². The first-order valence-corrected chi connectivity index (χ1v) is 6.76. The Bertz CT molecular complexity index is 390. The average molecular weight is 265 g/mol. The molecule has 0 aromatic carbocycles. The van der Waals surface area contributed by atoms with Gasteiger partial charge in [0.25, 0.3) is 0 Å². The summed E-state index contributed by atoms with van der Waals surface area (Å²) in [5.74, 6) is 1.03. The first kappa shape index (κ1) is 10.5. The summed E-state index contributed by atoms with van der Waals surface area (Å²) >= 11 is 10.2. The maximum atomic E-state index is 10.5. The lowest BCUT2D eigenvalue weighted by molar-refractivity contribution is 0.112. The van der Waals surface area contributed by atoms with Crippen LogP contribution in [0.5, 0.6) is 0 Å². The summed E-state index contributed by atoms with van der Waals surface area (Å²) in [4.78, 5) is 19.3. The number of halogens is 1. The van der Waals surface area contributed by atoms with E-state index in [2.05, 4.69) is 9.98 Å². The quantitative estimate of drug-likeness (QED) is 0.771. The third-order valence-corrected chi connectivity index (χ3v) is 5.04. The molecule has 1 aromatic rings. The van der Waals surface area contributed by atoms with E-state index in [1.807, 2.05) is 0 Å². The summed E-state index contributed by atoms with van der Waals surface area (Å²) in [5, 5.41) is 0.288. The highest BCUT2D eigenvalue weighted by Crippen LogP contribution is 2.34. The third kappa shape index (κ3) is 2.31. The Morgan fingerprint density at radius 3 is 3.00 bits per heavy atom. The fourth-order valence-electron chi connectivity index (χ4n) is 0.863. The number of aliphatic imine (C=N–C) groups is 1. The van der Waals surface area contributed by atoms with E-state index in [4.69, 9.17) is 11.6 Å². The van der Waals surface area contributed by atoms with E-state index in [-0.39, 0.29) is 5.15 Å². The zero-order valence-corrected chi connectivity index (χ0v) is 10.1. The molecule has 0 saturated heterocycles. The van der Waals surface area contributed by atoms with Gasteiger partial charge in [0.05, 0.1) is 6.54 Å². The van der Waals surface area contributed by atoms with Gasteiger partial charge in [-0.25, -0.2) is 4.98 Å². The topological polar surface area (TPSA) is 42.3 Å². The van der Waals surface area contributed by atoms with E-state index in [1.165, 1.54) is 23.1 Å². The number of hydrogen-bond donors (Lipinski definition) is 0. The number of aldehydes is 1. The summed E-state index contributed by atoms with van der Waals surface area (Å²) in [7, 11) is 0. The third-order valence-electron chi connectivity index (χ3n) is 1.43. The lowest BCUT2D eigenvalue weighted by Crippen LogP contribution is -1.78. The molecule has 7 heteroatoms. The maximum absolute atomic E-state index is 10.5. The van der Waals surface area contributed by atoms with Crippen LogP contribution in [0.25, 0.3) is 0 Å². The standard InChI is InChI=1S/C7H5ClN2OS3/c8-5-4(3-11)13-7(10-5)14-6-9-1-2-12-6/h3H,1-2H2. The molecule has 0 amide bonds. The monoisotopic (exact) mass is 264 g/mol. The van der Waals surface area contributed by atoms with Gasteiger partial charge in [-0.3, -0.25) is 9.79 Å². The second kappa shape index (κ2) is 4.65. The van der Waals surface area contributed by atoms with E-state index >= 15 is 0 Å². The van der Waals surface area contributed by atoms with Gasteiger partial charge in [0, 0.05) is 5.75 Å². The van der Waals surface area contributed by atoms with Crippen molar-refractivity contribution in [2.75, 3.05) is 12.3 Å². The van der Waals surface area contributed by atoms with Crippen molar-refractivity contribution in [3.05, 3.63) is 10.0 Å². The van der Waals surface area contributed by atoms with Gasteiger partial charge in [-0.05, 0) is 11.8 Å². The molecule has 0 fully saturated rings. The first-order chi connectivity index (χ1) is 6.79. The average Bonchev–Trinajstić information content (AvgIpc) is 2.76. The molecule has 0 spiro atoms. The number of hydrogen-bond acceptors (Lipinski definition) is 6. The predicted octanol–water partition coefficient (Wildman–Crippen LogP) is 2.80. The number of carbonyl (C=O) groups excluding carboxylic acids is 1. The van der Waals surface area contributed by atoms with Crippen LogP contribution in [0.15, 0.2) is 9.33 Å². The molecular formula is C7H5ClN2OS3. The number of thioether (sulfide) groups is 2. The second-order valence-electron chi connectivity index (χ2n) is 2.35. The molecular weight excluding hydrogens is 260 g/mol. The van der Waals surface area contributed by atoms with Gasteiger partial charge in [-0.1, -0.05) is 23.4 Å². The van der Waals surface area contributed by atoms with Crippen molar-refractivity contribution < 1.29 is 4.79 Å². The second-order valence-corrected chi connectivity index (χ2v) is 6.32. The maximum Gasteiger partial charge on any atom is 0.163 e. The Morgan fingerprint density at radius 2 is 2.43 bits per heavy atom. The molecule has 0 saturated carbocycles. The molecule has 0 bridgehead atoms. The van der Waals surface area contributed by atoms with Gasteiger partial charge in [-0.15, -0.1) is 11.3 Å². The van der Waals surface area contributed by atoms with E-state index in [1.54, 1.807) is 11.8 Å². The predicted molar refractivity (Wildman–Crippen MR) is 63.1 cm³/mol. The Hall–Kier alpha value is -0.0400.